The molecule has 1 amide bonds. The number of methoxy groups -OCH3 is 1. The van der Waals surface area contributed by atoms with E-state index in [1.807, 2.05) is 6.07 Å². The number of hydrogen-bond acceptors (Lipinski definition) is 8. The Kier molecular flexibility index (Phi) is 6.90. The first-order valence-corrected chi connectivity index (χ1v) is 12.2. The predicted molar refractivity (Wildman–Crippen MR) is 139 cm³/mol. The first kappa shape index (κ1) is 24.8. The maximum Gasteiger partial charge on any atom is 0.317 e. The summed E-state index contributed by atoms with van der Waals surface area (Å²) in [6.45, 7) is 8.34. The number of benzene rings is 1. The normalized spacial score (nSPS) is 17.9. The van der Waals surface area contributed by atoms with Gasteiger partial charge >= 0.3 is 6.01 Å². The number of anilines is 2. The van der Waals surface area contributed by atoms with Crippen molar-refractivity contribution in [2.45, 2.75) is 32.9 Å². The van der Waals surface area contributed by atoms with Crippen molar-refractivity contribution in [3.05, 3.63) is 53.9 Å². The molecule has 1 aliphatic rings. The zero-order valence-electron chi connectivity index (χ0n) is 21.3. The molecular formula is C26H30FN7O3. The van der Waals surface area contributed by atoms with Crippen molar-refractivity contribution in [2.24, 2.45) is 0 Å². The molecule has 0 saturated carbocycles. The Morgan fingerprint density at radius 3 is 2.73 bits per heavy atom. The van der Waals surface area contributed by atoms with Gasteiger partial charge in [0.1, 0.15) is 6.61 Å². The van der Waals surface area contributed by atoms with Crippen LogP contribution in [0.15, 0.2) is 36.8 Å². The van der Waals surface area contributed by atoms with E-state index in [1.54, 1.807) is 43.1 Å². The van der Waals surface area contributed by atoms with E-state index in [-0.39, 0.29) is 18.3 Å². The highest BCUT2D eigenvalue weighted by Gasteiger charge is 2.25. The number of piperazine rings is 1. The number of nitrogens with zero attached hydrogens (tertiary/aromatic N) is 5. The van der Waals surface area contributed by atoms with Crippen LogP contribution in [0.5, 0.6) is 6.01 Å². The Bertz CT molecular complexity index is 1450. The van der Waals surface area contributed by atoms with Crippen LogP contribution in [0, 0.1) is 12.7 Å². The molecule has 2 N–H and O–H groups in total. The molecule has 4 heterocycles. The fraction of sp³-hybridized carbons (Fsp3) is 0.385. The quantitative estimate of drug-likeness (QED) is 0.368. The van der Waals surface area contributed by atoms with Crippen LogP contribution in [0.25, 0.3) is 16.6 Å². The van der Waals surface area contributed by atoms with Gasteiger partial charge in [0.2, 0.25) is 0 Å². The summed E-state index contributed by atoms with van der Waals surface area (Å²) < 4.78 is 26.8. The first-order chi connectivity index (χ1) is 17.8. The Morgan fingerprint density at radius 1 is 1.19 bits per heavy atom. The second-order valence-corrected chi connectivity index (χ2v) is 9.41. The molecule has 0 spiro atoms. The second kappa shape index (κ2) is 10.3. The van der Waals surface area contributed by atoms with Crippen molar-refractivity contribution in [1.29, 1.82) is 0 Å². The van der Waals surface area contributed by atoms with Crippen LogP contribution in [0.2, 0.25) is 0 Å². The number of fused-ring (bicyclic) bond motifs is 2. The number of aromatic nitrogens is 4. The fourth-order valence-corrected chi connectivity index (χ4v) is 4.80. The van der Waals surface area contributed by atoms with E-state index < -0.39 is 11.7 Å². The highest BCUT2D eigenvalue weighted by atomic mass is 19.1. The Morgan fingerprint density at radius 2 is 1.97 bits per heavy atom. The molecule has 5 rings (SSSR count). The van der Waals surface area contributed by atoms with Crippen molar-refractivity contribution < 1.29 is 18.7 Å². The van der Waals surface area contributed by atoms with E-state index in [9.17, 15) is 9.18 Å². The number of ether oxygens (including phenoxy) is 2. The number of pyridine rings is 1. The van der Waals surface area contributed by atoms with Crippen LogP contribution < -0.4 is 20.3 Å². The summed E-state index contributed by atoms with van der Waals surface area (Å²) in [5, 5.41) is 7.08. The Balaban J connectivity index is 1.53. The third-order valence-electron chi connectivity index (χ3n) is 6.25. The van der Waals surface area contributed by atoms with E-state index in [1.165, 1.54) is 6.07 Å². The molecule has 1 saturated heterocycles. The maximum absolute atomic E-state index is 14.6. The molecule has 11 heteroatoms. The molecule has 0 aliphatic carbocycles. The fourth-order valence-electron chi connectivity index (χ4n) is 4.80. The van der Waals surface area contributed by atoms with Gasteiger partial charge in [0.05, 0.1) is 29.1 Å². The van der Waals surface area contributed by atoms with E-state index >= 15 is 0 Å². The molecule has 194 valence electrons. The monoisotopic (exact) mass is 507 g/mol. The van der Waals surface area contributed by atoms with Crippen LogP contribution >= 0.6 is 0 Å². The standard InChI is InChI=1S/C26H30FN7O3/c1-15-11-33(12-16(2)29-15)22-6-5-19(23-20(22)10-28-26(32-23)37-8-7-36-4)25(35)31-18-9-21(27)24-30-17(3)13-34(24)14-18/h5-6,9-10,13-16,29H,7-8,11-12H2,1-4H3,(H,31,35). The second-order valence-electron chi connectivity index (χ2n) is 9.41. The van der Waals surface area contributed by atoms with Gasteiger partial charge in [0, 0.05) is 68.0 Å². The van der Waals surface area contributed by atoms with Crippen molar-refractivity contribution in [3.63, 3.8) is 0 Å². The molecule has 1 aliphatic heterocycles. The third-order valence-corrected chi connectivity index (χ3v) is 6.25. The highest BCUT2D eigenvalue weighted by molar-refractivity contribution is 6.13. The largest absolute Gasteiger partial charge is 0.461 e. The summed E-state index contributed by atoms with van der Waals surface area (Å²) in [4.78, 5) is 28.9. The molecule has 2 atom stereocenters. The summed E-state index contributed by atoms with van der Waals surface area (Å²) in [6, 6.07) is 5.67. The summed E-state index contributed by atoms with van der Waals surface area (Å²) in [6.07, 6.45) is 5.02. The molecular weight excluding hydrogens is 477 g/mol. The number of hydrogen-bond donors (Lipinski definition) is 2. The lowest BCUT2D eigenvalue weighted by atomic mass is 10.0. The van der Waals surface area contributed by atoms with Gasteiger partial charge in [-0.3, -0.25) is 4.79 Å². The number of carbonyl (C=O) groups is 1. The number of aryl methyl sites for hydroxylation is 1. The summed E-state index contributed by atoms with van der Waals surface area (Å²) in [5.74, 6) is -0.945. The van der Waals surface area contributed by atoms with Gasteiger partial charge in [-0.2, -0.15) is 4.98 Å². The molecule has 4 aromatic rings. The van der Waals surface area contributed by atoms with Crippen molar-refractivity contribution in [2.75, 3.05) is 43.6 Å². The zero-order chi connectivity index (χ0) is 26.1. The van der Waals surface area contributed by atoms with Gasteiger partial charge < -0.3 is 29.4 Å². The Labute approximate surface area is 213 Å². The molecule has 2 unspecified atom stereocenters. The van der Waals surface area contributed by atoms with Crippen LogP contribution in [0.1, 0.15) is 29.9 Å². The third kappa shape index (κ3) is 5.18. The van der Waals surface area contributed by atoms with E-state index in [2.05, 4.69) is 44.3 Å². The molecule has 0 bridgehead atoms. The Hall–Kier alpha value is -3.83. The maximum atomic E-state index is 14.6. The molecule has 1 fully saturated rings. The first-order valence-electron chi connectivity index (χ1n) is 12.2. The van der Waals surface area contributed by atoms with Gasteiger partial charge in [-0.05, 0) is 32.9 Å². The van der Waals surface area contributed by atoms with Crippen molar-refractivity contribution in [3.8, 4) is 6.01 Å². The lowest BCUT2D eigenvalue weighted by Gasteiger charge is -2.38. The van der Waals surface area contributed by atoms with Gasteiger partial charge in [-0.25, -0.2) is 14.4 Å². The number of nitrogens with one attached hydrogen (secondary N) is 2. The summed E-state index contributed by atoms with van der Waals surface area (Å²) >= 11 is 0. The van der Waals surface area contributed by atoms with Crippen LogP contribution in [0.3, 0.4) is 0 Å². The minimum Gasteiger partial charge on any atom is -0.461 e. The van der Waals surface area contributed by atoms with Gasteiger partial charge in [-0.15, -0.1) is 0 Å². The lowest BCUT2D eigenvalue weighted by Crippen LogP contribution is -2.54. The average molecular weight is 508 g/mol. The topological polar surface area (TPSA) is 106 Å². The number of imidazole rings is 1. The molecule has 37 heavy (non-hydrogen) atoms. The van der Waals surface area contributed by atoms with Crippen LogP contribution in [-0.4, -0.2) is 70.8 Å². The molecule has 3 aromatic heterocycles. The van der Waals surface area contributed by atoms with E-state index in [0.717, 1.165) is 24.2 Å². The minimum atomic E-state index is -0.524. The van der Waals surface area contributed by atoms with E-state index in [0.29, 0.717) is 41.2 Å². The number of rotatable bonds is 7. The molecule has 1 aromatic carbocycles. The smallest absolute Gasteiger partial charge is 0.317 e. The highest BCUT2D eigenvalue weighted by Crippen LogP contribution is 2.31. The van der Waals surface area contributed by atoms with Crippen molar-refractivity contribution >= 4 is 33.8 Å². The SMILES string of the molecule is COCCOc1ncc2c(N3CC(C)NC(C)C3)ccc(C(=O)Nc3cc(F)c4nc(C)cn4c3)c2n1. The van der Waals surface area contributed by atoms with Gasteiger partial charge in [-0.1, -0.05) is 0 Å². The van der Waals surface area contributed by atoms with E-state index in [4.69, 9.17) is 9.47 Å². The van der Waals surface area contributed by atoms with Crippen LogP contribution in [-0.2, 0) is 4.74 Å². The predicted octanol–water partition coefficient (Wildman–Crippen LogP) is 3.19. The van der Waals surface area contributed by atoms with Crippen molar-refractivity contribution in [1.82, 2.24) is 24.7 Å². The summed E-state index contributed by atoms with van der Waals surface area (Å²) in [7, 11) is 1.58. The van der Waals surface area contributed by atoms with Gasteiger partial charge in [0.25, 0.3) is 5.91 Å². The molecule has 0 radical (unpaired) electrons. The summed E-state index contributed by atoms with van der Waals surface area (Å²) in [5.41, 5.74) is 2.91. The van der Waals surface area contributed by atoms with Gasteiger partial charge in [0.15, 0.2) is 11.5 Å². The minimum absolute atomic E-state index is 0.152. The number of carbonyl (C=O) groups excluding carboxylic acids is 1. The lowest BCUT2D eigenvalue weighted by molar-refractivity contribution is 0.102. The number of amides is 1. The molecule has 10 nitrogen and oxygen atoms in total. The average Bonchev–Trinajstić information content (AvgIpc) is 3.23. The zero-order valence-corrected chi connectivity index (χ0v) is 21.3. The number of halogens is 1. The van der Waals surface area contributed by atoms with Crippen LogP contribution in [0.4, 0.5) is 15.8 Å².